The Morgan fingerprint density at radius 3 is 1.58 bits per heavy atom. The molecular weight excluding hydrogens is 923 g/mol. The Balaban J connectivity index is 0. The van der Waals surface area contributed by atoms with E-state index in [0.29, 0.717) is 19.1 Å². The molecule has 7 heterocycles. The van der Waals surface area contributed by atoms with Crippen LogP contribution in [0.1, 0.15) is 159 Å². The summed E-state index contributed by atoms with van der Waals surface area (Å²) in [6.07, 6.45) is 40.0. The van der Waals surface area contributed by atoms with Gasteiger partial charge in [0.1, 0.15) is 6.11 Å². The van der Waals surface area contributed by atoms with Gasteiger partial charge in [-0.2, -0.15) is 0 Å². The Hall–Kier alpha value is -1.80. The third-order valence-corrected chi connectivity index (χ3v) is 15.8. The zero-order chi connectivity index (χ0) is 54.8. The number of terminal acetylenes is 1. The maximum Gasteiger partial charge on any atom is 0.272 e. The molecule has 0 aromatic heterocycles. The third kappa shape index (κ3) is 37.1. The average Bonchev–Trinajstić information content (AvgIpc) is 4.29. The third-order valence-electron chi connectivity index (χ3n) is 15.8. The number of hydrogen-bond acceptors (Lipinski definition) is 13. The monoisotopic (exact) mass is 1050 g/mol. The normalized spacial score (nSPS) is 26.2. The standard InChI is InChI=1S/C10H17N.C7H13NO2.C7H15NO.C7H15N.C7H14O.C6H14N2.C6H13N.C6H11N.C5H11N.2H2/c1-2-6-10(7-3-1)11-8-4-5-9-11;1-5-9-7(8(3)4)10-6-2;1-8-4-2-3-7(5-8)6-9;1-2-8-6-4-3-5-7-8;1-2-6-3-4-7(8)5-6;1-7-3-5-8(2)6-4-7;1-6-4-3-5-7(6)2;1-7-5-3-2-4-6-7;1-6-4-2-3-5-6;;/h6H,1-5,7-9H2;1,7H,6H2,2-4H3;7,9H,2-6H2,1H3;2-7H2,1H3;6-8H,2-5H2,1H3;3-6H2,1-2H3;6H,3-5H2,1-2H3;2-3H,4-6H2,1H3;2-5H2,1H3;2*1H. The summed E-state index contributed by atoms with van der Waals surface area (Å²) in [7, 11) is 16.6. The minimum absolute atomic E-state index is 0. The van der Waals surface area contributed by atoms with Crippen LogP contribution in [0.2, 0.25) is 0 Å². The highest BCUT2D eigenvalue weighted by Crippen LogP contribution is 2.27. The van der Waals surface area contributed by atoms with Crippen LogP contribution in [0.4, 0.5) is 0 Å². The highest BCUT2D eigenvalue weighted by Gasteiger charge is 2.21. The Morgan fingerprint density at radius 1 is 0.649 bits per heavy atom. The van der Waals surface area contributed by atoms with Crippen molar-refractivity contribution in [1.82, 2.24) is 44.1 Å². The molecule has 5 unspecified atom stereocenters. The molecular formula is C61H127N9O4. The van der Waals surface area contributed by atoms with E-state index >= 15 is 0 Å². The number of nitrogens with zero attached hydrogens (tertiary/aromatic N) is 9. The predicted molar refractivity (Wildman–Crippen MR) is 322 cm³/mol. The molecule has 7 aliphatic heterocycles. The van der Waals surface area contributed by atoms with Crippen LogP contribution in [0.3, 0.4) is 0 Å². The average molecular weight is 1050 g/mol. The zero-order valence-corrected chi connectivity index (χ0v) is 50.8. The summed E-state index contributed by atoms with van der Waals surface area (Å²) in [6.45, 7) is 29.7. The van der Waals surface area contributed by atoms with Crippen LogP contribution in [-0.2, 0) is 9.47 Å². The first-order valence-electron chi connectivity index (χ1n) is 30.3. The molecule has 13 heteroatoms. The van der Waals surface area contributed by atoms with Gasteiger partial charge < -0.3 is 58.9 Å². The second kappa shape index (κ2) is 46.1. The highest BCUT2D eigenvalue weighted by molar-refractivity contribution is 5.05. The van der Waals surface area contributed by atoms with Crippen molar-refractivity contribution in [2.24, 2.45) is 11.8 Å². The largest absolute Gasteiger partial charge is 0.401 e. The van der Waals surface area contributed by atoms with Gasteiger partial charge in [0.15, 0.2) is 0 Å². The number of piperazine rings is 1. The van der Waals surface area contributed by atoms with Gasteiger partial charge in [0.05, 0.1) is 6.10 Å². The molecule has 0 aromatic carbocycles. The summed E-state index contributed by atoms with van der Waals surface area (Å²) in [5.41, 5.74) is 1.65. The molecule has 74 heavy (non-hydrogen) atoms. The van der Waals surface area contributed by atoms with Gasteiger partial charge in [-0.1, -0.05) is 51.3 Å². The van der Waals surface area contributed by atoms with Crippen LogP contribution in [0.5, 0.6) is 0 Å². The predicted octanol–water partition coefficient (Wildman–Crippen LogP) is 9.43. The maximum atomic E-state index is 9.03. The van der Waals surface area contributed by atoms with Crippen molar-refractivity contribution in [2.45, 2.75) is 175 Å². The summed E-state index contributed by atoms with van der Waals surface area (Å²) in [6, 6.07) is 0.847. The quantitative estimate of drug-likeness (QED) is 0.138. The van der Waals surface area contributed by atoms with Crippen LogP contribution < -0.4 is 0 Å². The minimum Gasteiger partial charge on any atom is -0.401 e. The molecule has 7 fully saturated rings. The molecule has 5 atom stereocenters. The smallest absolute Gasteiger partial charge is 0.272 e. The van der Waals surface area contributed by atoms with E-state index in [1.54, 1.807) is 10.6 Å². The van der Waals surface area contributed by atoms with Crippen LogP contribution in [-0.4, -0.2) is 247 Å². The number of likely N-dealkylation sites (tertiary alicyclic amines) is 5. The van der Waals surface area contributed by atoms with E-state index in [1.165, 1.54) is 207 Å². The van der Waals surface area contributed by atoms with E-state index in [1.807, 2.05) is 21.0 Å². The van der Waals surface area contributed by atoms with Crippen LogP contribution >= 0.6 is 0 Å². The lowest BCUT2D eigenvalue weighted by Crippen LogP contribution is -2.42. The lowest BCUT2D eigenvalue weighted by Gasteiger charge is -2.28. The van der Waals surface area contributed by atoms with E-state index in [0.717, 1.165) is 37.9 Å². The molecule has 0 amide bonds. The van der Waals surface area contributed by atoms with Gasteiger partial charge in [-0.15, -0.1) is 0 Å². The van der Waals surface area contributed by atoms with E-state index < -0.39 is 6.41 Å². The number of piperidine rings is 2. The number of aliphatic hydroxyl groups is 2. The van der Waals surface area contributed by atoms with Crippen molar-refractivity contribution in [2.75, 3.05) is 174 Å². The first-order chi connectivity index (χ1) is 35.6. The number of rotatable bonds is 8. The Kier molecular flexibility index (Phi) is 43.8. The fourth-order valence-corrected chi connectivity index (χ4v) is 10.3. The van der Waals surface area contributed by atoms with E-state index in [4.69, 9.17) is 26.1 Å². The van der Waals surface area contributed by atoms with Gasteiger partial charge in [0.2, 0.25) is 0 Å². The molecule has 9 rings (SSSR count). The van der Waals surface area contributed by atoms with Gasteiger partial charge in [0, 0.05) is 86.7 Å². The number of allylic oxidation sites excluding steroid dienone is 2. The molecule has 9 aliphatic rings. The van der Waals surface area contributed by atoms with Crippen LogP contribution in [0.15, 0.2) is 23.9 Å². The van der Waals surface area contributed by atoms with E-state index in [-0.39, 0.29) is 8.96 Å². The second-order valence-electron chi connectivity index (χ2n) is 22.9. The molecule has 0 aromatic rings. The van der Waals surface area contributed by atoms with Crippen LogP contribution in [0, 0.1) is 24.4 Å². The molecule has 0 spiro atoms. The van der Waals surface area contributed by atoms with Crippen molar-refractivity contribution in [3.8, 4) is 12.5 Å². The first-order valence-corrected chi connectivity index (χ1v) is 30.3. The van der Waals surface area contributed by atoms with Gasteiger partial charge >= 0.3 is 0 Å². The SMILES string of the molecule is C#COC(OCC)N(C)C.C1=C(N2CCCC2)CCCC1.CC1CCCN1C.CCC1CCC(O)C1.CCN1CCCCC1.CN1CC=CCC1.CN1CCCC(CO)C1.CN1CCCC1.CN1CCN(C)CC1.[HH].[HH]. The van der Waals surface area contributed by atoms with Gasteiger partial charge in [-0.3, -0.25) is 4.90 Å². The fraction of sp³-hybridized carbons (Fsp3) is 0.902. The highest BCUT2D eigenvalue weighted by atomic mass is 16.7. The van der Waals surface area contributed by atoms with Crippen molar-refractivity contribution in [1.29, 1.82) is 0 Å². The van der Waals surface area contributed by atoms with Gasteiger partial charge in [0.25, 0.3) is 6.41 Å². The second-order valence-corrected chi connectivity index (χ2v) is 22.9. The Labute approximate surface area is 462 Å². The first kappa shape index (κ1) is 70.2. The summed E-state index contributed by atoms with van der Waals surface area (Å²) in [5.74, 6) is 1.37. The summed E-state index contributed by atoms with van der Waals surface area (Å²) in [5, 5.41) is 17.8. The summed E-state index contributed by atoms with van der Waals surface area (Å²) in [4.78, 5) is 20.9. The maximum absolute atomic E-state index is 9.03. The minimum atomic E-state index is -0.421. The lowest BCUT2D eigenvalue weighted by molar-refractivity contribution is -0.171. The summed E-state index contributed by atoms with van der Waals surface area (Å²) < 4.78 is 9.88. The molecule has 2 aliphatic carbocycles. The van der Waals surface area contributed by atoms with Crippen molar-refractivity contribution in [3.05, 3.63) is 23.9 Å². The van der Waals surface area contributed by atoms with Crippen molar-refractivity contribution >= 4 is 0 Å². The Morgan fingerprint density at radius 2 is 1.24 bits per heavy atom. The molecule has 1 saturated carbocycles. The number of ether oxygens (including phenoxy) is 2. The topological polar surface area (TPSA) is 88.1 Å². The van der Waals surface area contributed by atoms with E-state index in [2.05, 4.69) is 127 Å². The summed E-state index contributed by atoms with van der Waals surface area (Å²) >= 11 is 0. The molecule has 13 nitrogen and oxygen atoms in total. The van der Waals surface area contributed by atoms with Crippen molar-refractivity contribution in [3.63, 3.8) is 0 Å². The number of likely N-dealkylation sites (N-methyl/N-ethyl adjacent to an activating group) is 3. The fourth-order valence-electron chi connectivity index (χ4n) is 10.3. The Bertz CT molecular complexity index is 1350. The molecule has 2 N–H and O–H groups in total. The molecule has 0 bridgehead atoms. The van der Waals surface area contributed by atoms with Crippen LogP contribution in [0.25, 0.3) is 0 Å². The van der Waals surface area contributed by atoms with Gasteiger partial charge in [-0.05, 0) is 243 Å². The number of aliphatic hydroxyl groups excluding tert-OH is 2. The zero-order valence-electron chi connectivity index (χ0n) is 50.8. The van der Waals surface area contributed by atoms with Crippen molar-refractivity contribution < 1.29 is 22.5 Å². The molecule has 440 valence electrons. The molecule has 0 radical (unpaired) electrons. The van der Waals surface area contributed by atoms with Gasteiger partial charge in [-0.25, -0.2) is 0 Å². The molecule has 6 saturated heterocycles. The lowest BCUT2D eigenvalue weighted by atomic mass is 10.00. The van der Waals surface area contributed by atoms with E-state index in [9.17, 15) is 0 Å². The number of hydrogen-bond donors (Lipinski definition) is 2.